The van der Waals surface area contributed by atoms with Crippen LogP contribution in [0.4, 0.5) is 34.1 Å². The SMILES string of the molecule is CCOc1cccc(NC(=O)c2cc(Cl)cc(N=NC(C(C)=O)C(=O)Nc3ccc(NC(=O)C(N=Nc4cc(Cl)cc(C(=O)Nc5cccc(OCC)c5CCl)c4)C(C)=O)c(CCl)c3)c2)c1CCl. The monoisotopic (exact) mass is 1020 g/mol. The highest BCUT2D eigenvalue weighted by atomic mass is 35.5. The van der Waals surface area contributed by atoms with Crippen LogP contribution in [0.25, 0.3) is 0 Å². The van der Waals surface area contributed by atoms with Crippen molar-refractivity contribution < 1.29 is 38.2 Å². The summed E-state index contributed by atoms with van der Waals surface area (Å²) in [5, 5.41) is 27.1. The summed E-state index contributed by atoms with van der Waals surface area (Å²) >= 11 is 31.2. The number of amides is 4. The van der Waals surface area contributed by atoms with Crippen LogP contribution < -0.4 is 30.7 Å². The van der Waals surface area contributed by atoms with Crippen molar-refractivity contribution in [3.05, 3.63) is 129 Å². The van der Waals surface area contributed by atoms with Crippen molar-refractivity contribution in [2.75, 3.05) is 34.5 Å². The number of nitrogens with one attached hydrogen (secondary N) is 4. The summed E-state index contributed by atoms with van der Waals surface area (Å²) in [4.78, 5) is 78.8. The van der Waals surface area contributed by atoms with Crippen molar-refractivity contribution in [2.24, 2.45) is 20.5 Å². The van der Waals surface area contributed by atoms with Gasteiger partial charge in [-0.05, 0) is 112 Å². The molecule has 0 heterocycles. The molecule has 5 aromatic carbocycles. The van der Waals surface area contributed by atoms with E-state index in [1.807, 2.05) is 13.8 Å². The minimum Gasteiger partial charge on any atom is -0.493 e. The zero-order valence-electron chi connectivity index (χ0n) is 36.8. The maximum Gasteiger partial charge on any atom is 0.258 e. The first-order valence-corrected chi connectivity index (χ1v) is 22.9. The average molecular weight is 1030 g/mol. The molecule has 0 aromatic heterocycles. The van der Waals surface area contributed by atoms with E-state index in [0.717, 1.165) is 13.8 Å². The maximum absolute atomic E-state index is 13.5. The number of ether oxygens (including phenoxy) is 2. The molecule has 5 rings (SSSR count). The number of ketones is 2. The summed E-state index contributed by atoms with van der Waals surface area (Å²) in [6.07, 6.45) is 0. The summed E-state index contributed by atoms with van der Waals surface area (Å²) in [7, 11) is 0. The molecule has 5 aromatic rings. The third kappa shape index (κ3) is 14.1. The summed E-state index contributed by atoms with van der Waals surface area (Å²) in [5.41, 5.74) is 3.08. The van der Waals surface area contributed by atoms with E-state index in [0.29, 0.717) is 52.8 Å². The topological polar surface area (TPSA) is 218 Å². The van der Waals surface area contributed by atoms with E-state index in [2.05, 4.69) is 41.7 Å². The average Bonchev–Trinajstić information content (AvgIpc) is 3.29. The van der Waals surface area contributed by atoms with E-state index < -0.39 is 47.3 Å². The predicted octanol–water partition coefficient (Wildman–Crippen LogP) is 11.9. The van der Waals surface area contributed by atoms with E-state index in [1.54, 1.807) is 36.4 Å². The smallest absolute Gasteiger partial charge is 0.258 e. The number of alkyl halides is 3. The number of carbonyl (C=O) groups excluding carboxylic acids is 6. The Balaban J connectivity index is 1.26. The van der Waals surface area contributed by atoms with Crippen molar-refractivity contribution in [1.29, 1.82) is 0 Å². The van der Waals surface area contributed by atoms with Crippen molar-refractivity contribution in [3.8, 4) is 11.5 Å². The Morgan fingerprint density at radius 1 is 0.544 bits per heavy atom. The number of nitrogens with zero attached hydrogens (tertiary/aromatic N) is 4. The quantitative estimate of drug-likeness (QED) is 0.0314. The molecule has 2 unspecified atom stereocenters. The zero-order valence-corrected chi connectivity index (χ0v) is 40.6. The van der Waals surface area contributed by atoms with Gasteiger partial charge in [0, 0.05) is 60.9 Å². The van der Waals surface area contributed by atoms with Gasteiger partial charge in [0.05, 0.1) is 36.3 Å². The molecule has 68 heavy (non-hydrogen) atoms. The molecule has 21 heteroatoms. The van der Waals surface area contributed by atoms with Gasteiger partial charge in [-0.1, -0.05) is 35.3 Å². The lowest BCUT2D eigenvalue weighted by Crippen LogP contribution is -2.32. The molecule has 16 nitrogen and oxygen atoms in total. The lowest BCUT2D eigenvalue weighted by molar-refractivity contribution is -0.127. The van der Waals surface area contributed by atoms with Crippen LogP contribution in [0.1, 0.15) is 65.1 Å². The molecule has 0 fully saturated rings. The number of anilines is 4. The van der Waals surface area contributed by atoms with Gasteiger partial charge in [0.15, 0.2) is 11.6 Å². The standard InChI is InChI=1S/C47H43Cl5N8O8/c1-5-67-40-11-7-9-38(35(40)23-49)55-44(63)27-15-30(51)20-33(17-27)57-59-42(25(3)61)46(65)53-32-13-14-37(29(19-32)22-48)54-47(66)43(26(4)62)60-58-34-18-28(16-31(52)21-34)45(64)56-39-10-8-12-41(68-6-2)36(39)24-50/h7-21,42-43H,5-6,22-24H2,1-4H3,(H,53,65)(H,54,66)(H,55,63)(H,56,64). The van der Waals surface area contributed by atoms with E-state index in [4.69, 9.17) is 67.5 Å². The lowest BCUT2D eigenvalue weighted by atomic mass is 10.1. The fraction of sp³-hybridized carbons (Fsp3) is 0.234. The van der Waals surface area contributed by atoms with Gasteiger partial charge >= 0.3 is 0 Å². The van der Waals surface area contributed by atoms with Gasteiger partial charge in [-0.2, -0.15) is 20.5 Å². The van der Waals surface area contributed by atoms with E-state index in [-0.39, 0.29) is 61.6 Å². The second-order valence-electron chi connectivity index (χ2n) is 14.4. The predicted molar refractivity (Wildman–Crippen MR) is 264 cm³/mol. The van der Waals surface area contributed by atoms with E-state index in [1.165, 1.54) is 54.6 Å². The summed E-state index contributed by atoms with van der Waals surface area (Å²) in [6.45, 7) is 6.75. The highest BCUT2D eigenvalue weighted by molar-refractivity contribution is 6.32. The summed E-state index contributed by atoms with van der Waals surface area (Å²) < 4.78 is 11.2. The van der Waals surface area contributed by atoms with Crippen LogP contribution >= 0.6 is 58.0 Å². The number of halogens is 5. The molecule has 354 valence electrons. The van der Waals surface area contributed by atoms with Gasteiger partial charge in [0.25, 0.3) is 23.6 Å². The molecule has 0 bridgehead atoms. The number of hydrogen-bond donors (Lipinski definition) is 4. The van der Waals surface area contributed by atoms with Crippen LogP contribution in [-0.4, -0.2) is 60.5 Å². The molecule has 0 aliphatic heterocycles. The van der Waals surface area contributed by atoms with Gasteiger partial charge in [0.2, 0.25) is 12.1 Å². The molecule has 0 aliphatic carbocycles. The number of Topliss-reactive ketones (excluding diaryl/α,β-unsaturated/α-hetero) is 2. The second-order valence-corrected chi connectivity index (χ2v) is 16.1. The van der Waals surface area contributed by atoms with Crippen molar-refractivity contribution in [2.45, 2.75) is 57.4 Å². The van der Waals surface area contributed by atoms with Crippen molar-refractivity contribution >= 4 is 127 Å². The van der Waals surface area contributed by atoms with Gasteiger partial charge in [0.1, 0.15) is 11.5 Å². The van der Waals surface area contributed by atoms with Crippen LogP contribution in [0.3, 0.4) is 0 Å². The van der Waals surface area contributed by atoms with Crippen LogP contribution in [0.15, 0.2) is 111 Å². The molecule has 4 amide bonds. The highest BCUT2D eigenvalue weighted by Crippen LogP contribution is 2.32. The molecular formula is C47H43Cl5N8O8. The van der Waals surface area contributed by atoms with Crippen LogP contribution in [-0.2, 0) is 36.8 Å². The number of carbonyl (C=O) groups is 6. The normalized spacial score (nSPS) is 12.0. The fourth-order valence-corrected chi connectivity index (χ4v) is 7.57. The molecule has 0 saturated carbocycles. The van der Waals surface area contributed by atoms with Gasteiger partial charge in [-0.25, -0.2) is 0 Å². The Labute approximate surface area is 416 Å². The first-order chi connectivity index (χ1) is 32.6. The Hall–Kier alpha value is -6.43. The number of azo groups is 2. The third-order valence-corrected chi connectivity index (χ3v) is 10.8. The van der Waals surface area contributed by atoms with Gasteiger partial charge in [-0.15, -0.1) is 34.8 Å². The Kier molecular flexibility index (Phi) is 19.4. The summed E-state index contributed by atoms with van der Waals surface area (Å²) in [5.74, 6) is -3.08. The van der Waals surface area contributed by atoms with Gasteiger partial charge in [-0.3, -0.25) is 28.8 Å². The van der Waals surface area contributed by atoms with Crippen LogP contribution in [0, 0.1) is 0 Å². The third-order valence-electron chi connectivity index (χ3n) is 9.54. The Morgan fingerprint density at radius 2 is 1.00 bits per heavy atom. The molecule has 0 aliphatic rings. The largest absolute Gasteiger partial charge is 0.493 e. The van der Waals surface area contributed by atoms with Crippen LogP contribution in [0.2, 0.25) is 10.0 Å². The maximum atomic E-state index is 13.5. The highest BCUT2D eigenvalue weighted by Gasteiger charge is 2.26. The molecule has 0 spiro atoms. The molecule has 2 atom stereocenters. The fourth-order valence-electron chi connectivity index (χ4n) is 6.34. The lowest BCUT2D eigenvalue weighted by Gasteiger charge is -2.15. The van der Waals surface area contributed by atoms with Crippen LogP contribution in [0.5, 0.6) is 11.5 Å². The first-order valence-electron chi connectivity index (χ1n) is 20.6. The first kappa shape index (κ1) is 52.5. The zero-order chi connectivity index (χ0) is 49.5. The van der Waals surface area contributed by atoms with Crippen molar-refractivity contribution in [3.63, 3.8) is 0 Å². The number of hydrogen-bond acceptors (Lipinski definition) is 12. The molecule has 0 saturated heterocycles. The molecule has 0 radical (unpaired) electrons. The number of benzene rings is 5. The number of rotatable bonds is 21. The Morgan fingerprint density at radius 3 is 1.41 bits per heavy atom. The van der Waals surface area contributed by atoms with Crippen molar-refractivity contribution in [1.82, 2.24) is 0 Å². The Bertz CT molecular complexity index is 2790. The van der Waals surface area contributed by atoms with E-state index in [9.17, 15) is 28.8 Å². The molecular weight excluding hydrogens is 982 g/mol. The minimum atomic E-state index is -1.63. The summed E-state index contributed by atoms with van der Waals surface area (Å²) in [6, 6.07) is 19.6. The van der Waals surface area contributed by atoms with Gasteiger partial charge < -0.3 is 30.7 Å². The minimum absolute atomic E-state index is 0.0707. The van der Waals surface area contributed by atoms with E-state index >= 15 is 0 Å². The second kappa shape index (κ2) is 25.1. The molecule has 4 N–H and O–H groups in total.